The van der Waals surface area contributed by atoms with Gasteiger partial charge in [-0.2, -0.15) is 0 Å². The smallest absolute Gasteiger partial charge is 0.306 e. The fourth-order valence-electron chi connectivity index (χ4n) is 6.45. The van der Waals surface area contributed by atoms with E-state index in [0.717, 1.165) is 19.3 Å². The molecule has 2 unspecified atom stereocenters. The molecule has 0 aromatic carbocycles. The van der Waals surface area contributed by atoms with Crippen LogP contribution in [0.4, 0.5) is 0 Å². The average Bonchev–Trinajstić information content (AvgIpc) is 2.64. The number of hydrogen-bond donors (Lipinski definition) is 1. The van der Waals surface area contributed by atoms with Crippen LogP contribution >= 0.6 is 0 Å². The Balaban J connectivity index is 1.75. The second kappa shape index (κ2) is 7.68. The average molecular weight is 389 g/mol. The van der Waals surface area contributed by atoms with Crippen molar-refractivity contribution >= 4 is 11.9 Å². The molecule has 0 aliphatic heterocycles. The molecule has 4 heteroatoms. The van der Waals surface area contributed by atoms with E-state index < -0.39 is 5.97 Å². The first kappa shape index (κ1) is 21.1. The van der Waals surface area contributed by atoms with Crippen molar-refractivity contribution in [2.75, 3.05) is 6.61 Å². The predicted octanol–water partition coefficient (Wildman–Crippen LogP) is 5.53. The minimum absolute atomic E-state index is 0.0309. The van der Waals surface area contributed by atoms with Crippen LogP contribution in [0.3, 0.4) is 0 Å². The quantitative estimate of drug-likeness (QED) is 0.480. The molecule has 2 saturated carbocycles. The summed E-state index contributed by atoms with van der Waals surface area (Å²) in [4.78, 5) is 22.7. The maximum atomic E-state index is 12.0. The zero-order valence-corrected chi connectivity index (χ0v) is 17.8. The van der Waals surface area contributed by atoms with E-state index in [-0.39, 0.29) is 35.1 Å². The van der Waals surface area contributed by atoms with Gasteiger partial charge in [-0.15, -0.1) is 6.58 Å². The van der Waals surface area contributed by atoms with Gasteiger partial charge < -0.3 is 9.84 Å². The normalized spacial score (nSPS) is 39.9. The number of carbonyl (C=O) groups is 2. The molecule has 3 aliphatic rings. The number of carbonyl (C=O) groups excluding carboxylic acids is 1. The molecule has 156 valence electrons. The first-order chi connectivity index (χ1) is 13.1. The molecule has 0 bridgehead atoms. The van der Waals surface area contributed by atoms with Crippen LogP contribution in [0.2, 0.25) is 0 Å². The summed E-state index contributed by atoms with van der Waals surface area (Å²) < 4.78 is 5.58. The van der Waals surface area contributed by atoms with Crippen LogP contribution in [0.5, 0.6) is 0 Å². The molecule has 0 aromatic heterocycles. The lowest BCUT2D eigenvalue weighted by Gasteiger charge is -2.59. The van der Waals surface area contributed by atoms with Crippen LogP contribution in [-0.2, 0) is 14.3 Å². The molecule has 1 N–H and O–H groups in total. The van der Waals surface area contributed by atoms with Crippen molar-refractivity contribution in [3.8, 4) is 0 Å². The number of carboxylic acids is 1. The Labute approximate surface area is 169 Å². The largest absolute Gasteiger partial charge is 0.481 e. The lowest BCUT2D eigenvalue weighted by Crippen LogP contribution is -2.51. The molecule has 0 radical (unpaired) electrons. The van der Waals surface area contributed by atoms with E-state index in [9.17, 15) is 9.59 Å². The summed E-state index contributed by atoms with van der Waals surface area (Å²) in [7, 11) is 0. The maximum absolute atomic E-state index is 12.0. The lowest BCUT2D eigenvalue weighted by molar-refractivity contribution is -0.155. The molecule has 3 rings (SSSR count). The van der Waals surface area contributed by atoms with Gasteiger partial charge in [0.2, 0.25) is 0 Å². The molecular formula is C24H36O4. The summed E-state index contributed by atoms with van der Waals surface area (Å²) in [5.41, 5.74) is 2.02. The second-order valence-corrected chi connectivity index (χ2v) is 10.2. The molecule has 2 fully saturated rings. The Hall–Kier alpha value is -1.58. The van der Waals surface area contributed by atoms with Gasteiger partial charge >= 0.3 is 11.9 Å². The third-order valence-corrected chi connectivity index (χ3v) is 8.06. The van der Waals surface area contributed by atoms with Gasteiger partial charge in [0.1, 0.15) is 0 Å². The summed E-state index contributed by atoms with van der Waals surface area (Å²) in [5.74, 6) is -0.180. The Bertz CT molecular complexity index is 680. The predicted molar refractivity (Wildman–Crippen MR) is 110 cm³/mol. The van der Waals surface area contributed by atoms with E-state index in [1.165, 1.54) is 25.7 Å². The topological polar surface area (TPSA) is 63.6 Å². The lowest BCUT2D eigenvalue weighted by atomic mass is 9.46. The first-order valence-electron chi connectivity index (χ1n) is 10.8. The van der Waals surface area contributed by atoms with Crippen LogP contribution in [-0.4, -0.2) is 23.7 Å². The fraction of sp³-hybridized carbons (Fsp3) is 0.750. The van der Waals surface area contributed by atoms with E-state index in [2.05, 4.69) is 39.5 Å². The van der Waals surface area contributed by atoms with Gasteiger partial charge in [0.05, 0.1) is 19.4 Å². The van der Waals surface area contributed by atoms with Gasteiger partial charge in [-0.25, -0.2) is 0 Å². The van der Waals surface area contributed by atoms with Gasteiger partial charge in [-0.3, -0.25) is 9.59 Å². The zero-order valence-electron chi connectivity index (χ0n) is 17.8. The number of carboxylic acid groups (broad SMARTS) is 1. The fourth-order valence-corrected chi connectivity index (χ4v) is 6.45. The number of allylic oxidation sites excluding steroid dienone is 3. The SMILES string of the molecule is C=C[C@@]1(C)CC=C2C(CCC3[C@](C)(COC(=O)CCC(=O)O)CCC[C@@]23C)C1. The summed E-state index contributed by atoms with van der Waals surface area (Å²) >= 11 is 0. The molecule has 0 aromatic rings. The van der Waals surface area contributed by atoms with E-state index in [1.807, 2.05) is 0 Å². The summed E-state index contributed by atoms with van der Waals surface area (Å²) in [6.45, 7) is 11.5. The van der Waals surface area contributed by atoms with Crippen molar-refractivity contribution in [2.24, 2.45) is 28.1 Å². The van der Waals surface area contributed by atoms with Crippen LogP contribution < -0.4 is 0 Å². The van der Waals surface area contributed by atoms with Crippen LogP contribution in [0.15, 0.2) is 24.3 Å². The molecule has 4 nitrogen and oxygen atoms in total. The van der Waals surface area contributed by atoms with Crippen molar-refractivity contribution in [1.82, 2.24) is 0 Å². The van der Waals surface area contributed by atoms with Gasteiger partial charge in [-0.05, 0) is 61.2 Å². The summed E-state index contributed by atoms with van der Waals surface area (Å²) in [6.07, 6.45) is 12.5. The van der Waals surface area contributed by atoms with Gasteiger partial charge in [-0.1, -0.05) is 44.9 Å². The van der Waals surface area contributed by atoms with E-state index in [4.69, 9.17) is 9.84 Å². The Morgan fingerprint density at radius 1 is 1.25 bits per heavy atom. The van der Waals surface area contributed by atoms with Crippen molar-refractivity contribution in [1.29, 1.82) is 0 Å². The number of hydrogen-bond acceptors (Lipinski definition) is 3. The Kier molecular flexibility index (Phi) is 5.80. The highest BCUT2D eigenvalue weighted by molar-refractivity contribution is 5.76. The Morgan fingerprint density at radius 2 is 2.00 bits per heavy atom. The number of esters is 1. The molecule has 0 saturated heterocycles. The van der Waals surface area contributed by atoms with Crippen molar-refractivity contribution < 1.29 is 19.4 Å². The highest BCUT2D eigenvalue weighted by Crippen LogP contribution is 2.63. The van der Waals surface area contributed by atoms with E-state index >= 15 is 0 Å². The van der Waals surface area contributed by atoms with Crippen molar-refractivity contribution in [2.45, 2.75) is 78.6 Å². The van der Waals surface area contributed by atoms with E-state index in [1.54, 1.807) is 5.57 Å². The number of rotatable bonds is 6. The van der Waals surface area contributed by atoms with E-state index in [0.29, 0.717) is 18.4 Å². The summed E-state index contributed by atoms with van der Waals surface area (Å²) in [5, 5.41) is 8.76. The zero-order chi connectivity index (χ0) is 20.6. The first-order valence-corrected chi connectivity index (χ1v) is 10.8. The highest BCUT2D eigenvalue weighted by atomic mass is 16.5. The second-order valence-electron chi connectivity index (χ2n) is 10.2. The maximum Gasteiger partial charge on any atom is 0.306 e. The molecule has 5 atom stereocenters. The molecule has 0 spiro atoms. The minimum atomic E-state index is -0.956. The van der Waals surface area contributed by atoms with Gasteiger partial charge in [0.25, 0.3) is 0 Å². The monoisotopic (exact) mass is 388 g/mol. The van der Waals surface area contributed by atoms with Crippen molar-refractivity contribution in [3.05, 3.63) is 24.3 Å². The molecule has 3 aliphatic carbocycles. The van der Waals surface area contributed by atoms with Crippen LogP contribution in [0, 0.1) is 28.1 Å². The third-order valence-electron chi connectivity index (χ3n) is 8.06. The number of fused-ring (bicyclic) bond motifs is 3. The standard InChI is InChI=1S/C24H36O4/c1-5-22(2)14-11-18-17(15-22)7-8-19-23(3,12-6-13-24(18,19)4)16-28-21(27)10-9-20(25)26/h5,11,17,19H,1,6-10,12-16H2,2-4H3,(H,25,26)/t17?,19?,22-,23-,24-/m0/s1. The van der Waals surface area contributed by atoms with Crippen LogP contribution in [0.1, 0.15) is 78.6 Å². The number of ether oxygens (including phenoxy) is 1. The third kappa shape index (κ3) is 3.92. The van der Waals surface area contributed by atoms with Gasteiger partial charge in [0.15, 0.2) is 0 Å². The minimum Gasteiger partial charge on any atom is -0.481 e. The van der Waals surface area contributed by atoms with Gasteiger partial charge in [0, 0.05) is 5.41 Å². The molecule has 0 amide bonds. The summed E-state index contributed by atoms with van der Waals surface area (Å²) in [6, 6.07) is 0. The van der Waals surface area contributed by atoms with Crippen LogP contribution in [0.25, 0.3) is 0 Å². The molecule has 28 heavy (non-hydrogen) atoms. The molecule has 0 heterocycles. The Morgan fingerprint density at radius 3 is 2.68 bits per heavy atom. The highest BCUT2D eigenvalue weighted by Gasteiger charge is 2.55. The molecular weight excluding hydrogens is 352 g/mol. The van der Waals surface area contributed by atoms with Crippen molar-refractivity contribution in [3.63, 3.8) is 0 Å². The number of aliphatic carboxylic acids is 1.